The highest BCUT2D eigenvalue weighted by Crippen LogP contribution is 2.16. The van der Waals surface area contributed by atoms with E-state index in [-0.39, 0.29) is 5.52 Å². The number of aromatic nitrogens is 3. The molecule has 0 unspecified atom stereocenters. The first-order valence-corrected chi connectivity index (χ1v) is 5.08. The van der Waals surface area contributed by atoms with Crippen LogP contribution in [0.15, 0.2) is 47.4 Å². The monoisotopic (exact) mass is 229 g/mol. The van der Waals surface area contributed by atoms with Crippen molar-refractivity contribution in [1.82, 2.24) is 14.5 Å². The molecule has 0 spiro atoms. The summed E-state index contributed by atoms with van der Waals surface area (Å²) >= 11 is 0. The van der Waals surface area contributed by atoms with Crippen LogP contribution in [0.3, 0.4) is 0 Å². The van der Waals surface area contributed by atoms with Gasteiger partial charge in [-0.1, -0.05) is 12.1 Å². The molecule has 2 heterocycles. The number of rotatable bonds is 1. The Morgan fingerprint density at radius 1 is 1.18 bits per heavy atom. The van der Waals surface area contributed by atoms with Crippen LogP contribution in [0.5, 0.6) is 0 Å². The third-order valence-electron chi connectivity index (χ3n) is 2.55. The molecule has 4 nitrogen and oxygen atoms in total. The highest BCUT2D eigenvalue weighted by molar-refractivity contribution is 5.77. The summed E-state index contributed by atoms with van der Waals surface area (Å²) in [6, 6.07) is 9.76. The Hall–Kier alpha value is -2.43. The van der Waals surface area contributed by atoms with Gasteiger partial charge in [0.05, 0.1) is 5.52 Å². The fourth-order valence-electron chi connectivity index (χ4n) is 1.81. The standard InChI is InChI=1S/C12H8FN3O/c13-8-4-3-5-9-11(8)15-12(17)16(9)10-6-1-2-7-14-10/h1-7H,(H,15,17). The van der Waals surface area contributed by atoms with Gasteiger partial charge in [-0.25, -0.2) is 18.7 Å². The molecule has 0 aliphatic carbocycles. The molecular weight excluding hydrogens is 221 g/mol. The number of fused-ring (bicyclic) bond motifs is 1. The molecule has 0 radical (unpaired) electrons. The molecule has 1 aromatic carbocycles. The van der Waals surface area contributed by atoms with Gasteiger partial charge in [0.15, 0.2) is 0 Å². The van der Waals surface area contributed by atoms with Crippen LogP contribution in [0.2, 0.25) is 0 Å². The summed E-state index contributed by atoms with van der Waals surface area (Å²) in [7, 11) is 0. The zero-order valence-corrected chi connectivity index (χ0v) is 8.72. The van der Waals surface area contributed by atoms with Gasteiger partial charge in [0.2, 0.25) is 0 Å². The Bertz CT molecular complexity index is 730. The van der Waals surface area contributed by atoms with E-state index in [2.05, 4.69) is 9.97 Å². The predicted molar refractivity (Wildman–Crippen MR) is 61.6 cm³/mol. The molecule has 0 saturated carbocycles. The van der Waals surface area contributed by atoms with Gasteiger partial charge >= 0.3 is 5.69 Å². The van der Waals surface area contributed by atoms with Gasteiger partial charge in [-0.05, 0) is 24.3 Å². The molecule has 0 atom stereocenters. The van der Waals surface area contributed by atoms with Crippen LogP contribution in [0.25, 0.3) is 16.9 Å². The molecule has 0 saturated heterocycles. The average Bonchev–Trinajstić information content (AvgIpc) is 2.68. The van der Waals surface area contributed by atoms with Crippen LogP contribution in [0, 0.1) is 5.82 Å². The highest BCUT2D eigenvalue weighted by atomic mass is 19.1. The lowest BCUT2D eigenvalue weighted by atomic mass is 10.3. The summed E-state index contributed by atoms with van der Waals surface area (Å²) in [5.74, 6) is 0.0173. The molecule has 1 N–H and O–H groups in total. The molecule has 0 aliphatic rings. The minimum Gasteiger partial charge on any atom is -0.303 e. The van der Waals surface area contributed by atoms with Crippen LogP contribution < -0.4 is 5.69 Å². The summed E-state index contributed by atoms with van der Waals surface area (Å²) in [5.41, 5.74) is 0.278. The SMILES string of the molecule is O=c1[nH]c2c(F)cccc2n1-c1ccccn1. The quantitative estimate of drug-likeness (QED) is 0.692. The van der Waals surface area contributed by atoms with E-state index in [0.717, 1.165) is 0 Å². The molecular formula is C12H8FN3O. The van der Waals surface area contributed by atoms with Gasteiger partial charge in [0, 0.05) is 6.20 Å². The van der Waals surface area contributed by atoms with Gasteiger partial charge in [-0.3, -0.25) is 0 Å². The van der Waals surface area contributed by atoms with Crippen LogP contribution in [0.4, 0.5) is 4.39 Å². The lowest BCUT2D eigenvalue weighted by Gasteiger charge is -2.00. The van der Waals surface area contributed by atoms with Gasteiger partial charge in [0.25, 0.3) is 0 Å². The normalized spacial score (nSPS) is 10.9. The number of H-pyrrole nitrogens is 1. The second-order valence-corrected chi connectivity index (χ2v) is 3.59. The van der Waals surface area contributed by atoms with Crippen LogP contribution >= 0.6 is 0 Å². The summed E-state index contributed by atoms with van der Waals surface area (Å²) in [4.78, 5) is 18.4. The number of pyridine rings is 1. The lowest BCUT2D eigenvalue weighted by Crippen LogP contribution is -2.15. The number of aromatic amines is 1. The molecule has 3 rings (SSSR count). The van der Waals surface area contributed by atoms with Gasteiger partial charge < -0.3 is 4.98 Å². The Morgan fingerprint density at radius 2 is 2.06 bits per heavy atom. The summed E-state index contributed by atoms with van der Waals surface area (Å²) in [6.45, 7) is 0. The van der Waals surface area contributed by atoms with Crippen molar-refractivity contribution in [2.45, 2.75) is 0 Å². The molecule has 84 valence electrons. The van der Waals surface area contributed by atoms with Gasteiger partial charge in [-0.2, -0.15) is 0 Å². The highest BCUT2D eigenvalue weighted by Gasteiger charge is 2.11. The number of halogens is 1. The number of nitrogens with zero attached hydrogens (tertiary/aromatic N) is 2. The molecule has 0 amide bonds. The first kappa shape index (κ1) is 9.77. The Labute approximate surface area is 95.4 Å². The number of benzene rings is 1. The number of imidazole rings is 1. The van der Waals surface area contributed by atoms with Crippen molar-refractivity contribution >= 4 is 11.0 Å². The Morgan fingerprint density at radius 3 is 2.82 bits per heavy atom. The van der Waals surface area contributed by atoms with Crippen molar-refractivity contribution in [2.75, 3.05) is 0 Å². The molecule has 0 bridgehead atoms. The minimum absolute atomic E-state index is 0.197. The van der Waals surface area contributed by atoms with Crippen molar-refractivity contribution < 1.29 is 4.39 Å². The van der Waals surface area contributed by atoms with E-state index >= 15 is 0 Å². The zero-order chi connectivity index (χ0) is 11.8. The summed E-state index contributed by atoms with van der Waals surface area (Å²) in [5, 5.41) is 0. The summed E-state index contributed by atoms with van der Waals surface area (Å²) in [6.07, 6.45) is 1.58. The number of para-hydroxylation sites is 1. The molecule has 0 aliphatic heterocycles. The molecule has 2 aromatic heterocycles. The first-order valence-electron chi connectivity index (χ1n) is 5.08. The van der Waals surface area contributed by atoms with E-state index in [1.165, 1.54) is 10.6 Å². The molecule has 0 fully saturated rings. The van der Waals surface area contributed by atoms with Crippen molar-refractivity contribution in [3.8, 4) is 5.82 Å². The number of nitrogens with one attached hydrogen (secondary N) is 1. The average molecular weight is 229 g/mol. The Kier molecular flexibility index (Phi) is 2.04. The van der Waals surface area contributed by atoms with E-state index in [1.807, 2.05) is 0 Å². The maximum absolute atomic E-state index is 13.5. The topological polar surface area (TPSA) is 50.7 Å². The van der Waals surface area contributed by atoms with E-state index < -0.39 is 11.5 Å². The first-order chi connectivity index (χ1) is 8.27. The number of hydrogen-bond acceptors (Lipinski definition) is 2. The van der Waals surface area contributed by atoms with Crippen molar-refractivity contribution in [3.05, 3.63) is 58.9 Å². The number of hydrogen-bond donors (Lipinski definition) is 1. The van der Waals surface area contributed by atoms with Crippen LogP contribution in [0.1, 0.15) is 0 Å². The lowest BCUT2D eigenvalue weighted by molar-refractivity contribution is 0.637. The van der Waals surface area contributed by atoms with E-state index in [0.29, 0.717) is 11.3 Å². The van der Waals surface area contributed by atoms with Crippen molar-refractivity contribution in [2.24, 2.45) is 0 Å². The smallest absolute Gasteiger partial charge is 0.303 e. The maximum Gasteiger partial charge on any atom is 0.332 e. The van der Waals surface area contributed by atoms with E-state index in [1.54, 1.807) is 36.5 Å². The van der Waals surface area contributed by atoms with E-state index in [9.17, 15) is 9.18 Å². The second-order valence-electron chi connectivity index (χ2n) is 3.59. The third kappa shape index (κ3) is 1.44. The van der Waals surface area contributed by atoms with Crippen LogP contribution in [-0.4, -0.2) is 14.5 Å². The minimum atomic E-state index is -0.450. The molecule has 17 heavy (non-hydrogen) atoms. The van der Waals surface area contributed by atoms with Gasteiger partial charge in [-0.15, -0.1) is 0 Å². The summed E-state index contributed by atoms with van der Waals surface area (Å²) < 4.78 is 14.8. The Balaban J connectivity index is 2.42. The second kappa shape index (κ2) is 3.55. The van der Waals surface area contributed by atoms with Crippen LogP contribution in [-0.2, 0) is 0 Å². The fraction of sp³-hybridized carbons (Fsp3) is 0. The molecule has 3 aromatic rings. The van der Waals surface area contributed by atoms with E-state index in [4.69, 9.17) is 0 Å². The fourth-order valence-corrected chi connectivity index (χ4v) is 1.81. The maximum atomic E-state index is 13.5. The predicted octanol–water partition coefficient (Wildman–Crippen LogP) is 1.85. The van der Waals surface area contributed by atoms with Crippen molar-refractivity contribution in [3.63, 3.8) is 0 Å². The third-order valence-corrected chi connectivity index (χ3v) is 2.55. The molecule has 5 heteroatoms. The van der Waals surface area contributed by atoms with Gasteiger partial charge in [0.1, 0.15) is 17.2 Å². The zero-order valence-electron chi connectivity index (χ0n) is 8.72. The largest absolute Gasteiger partial charge is 0.332 e. The van der Waals surface area contributed by atoms with Crippen molar-refractivity contribution in [1.29, 1.82) is 0 Å².